The minimum atomic E-state index is -0.948. The highest BCUT2D eigenvalue weighted by Crippen LogP contribution is 2.34. The lowest BCUT2D eigenvalue weighted by Crippen LogP contribution is -2.44. The fourth-order valence-corrected chi connectivity index (χ4v) is 5.13. The number of ether oxygens (including phenoxy) is 2. The van der Waals surface area contributed by atoms with Crippen LogP contribution in [0.5, 0.6) is 5.75 Å². The Kier molecular flexibility index (Phi) is 9.46. The van der Waals surface area contributed by atoms with E-state index in [1.165, 1.54) is 13.2 Å². The van der Waals surface area contributed by atoms with Crippen LogP contribution in [-0.4, -0.2) is 43.6 Å². The zero-order chi connectivity index (χ0) is 29.3. The van der Waals surface area contributed by atoms with Crippen LogP contribution in [0.3, 0.4) is 0 Å². The first kappa shape index (κ1) is 28.8. The molecule has 1 aliphatic heterocycles. The number of carbonyl (C=O) groups excluding carboxylic acids is 2. The molecule has 1 aliphatic rings. The molecule has 0 saturated heterocycles. The van der Waals surface area contributed by atoms with Gasteiger partial charge in [-0.05, 0) is 59.5 Å². The van der Waals surface area contributed by atoms with Gasteiger partial charge in [-0.2, -0.15) is 0 Å². The summed E-state index contributed by atoms with van der Waals surface area (Å²) in [5.74, 6) is -0.405. The van der Waals surface area contributed by atoms with E-state index in [1.54, 1.807) is 41.3 Å². The molecule has 7 nitrogen and oxygen atoms in total. The van der Waals surface area contributed by atoms with Crippen molar-refractivity contribution >= 4 is 17.5 Å². The van der Waals surface area contributed by atoms with Crippen molar-refractivity contribution in [3.63, 3.8) is 0 Å². The van der Waals surface area contributed by atoms with Gasteiger partial charge >= 0.3 is 0 Å². The van der Waals surface area contributed by atoms with E-state index in [2.05, 4.69) is 10.6 Å². The molecule has 2 N–H and O–H groups in total. The largest absolute Gasteiger partial charge is 0.497 e. The molecule has 0 saturated carbocycles. The Morgan fingerprint density at radius 3 is 2.50 bits per heavy atom. The maximum atomic E-state index is 14.2. The normalized spacial score (nSPS) is 14.4. The van der Waals surface area contributed by atoms with Crippen molar-refractivity contribution in [2.45, 2.75) is 25.0 Å². The van der Waals surface area contributed by atoms with Gasteiger partial charge in [0.05, 0.1) is 13.7 Å². The lowest BCUT2D eigenvalue weighted by atomic mass is 9.97. The summed E-state index contributed by atoms with van der Waals surface area (Å²) in [7, 11) is 1.54. The average molecular weight is 568 g/mol. The van der Waals surface area contributed by atoms with Gasteiger partial charge in [0.2, 0.25) is 0 Å². The molecule has 2 amide bonds. The predicted octanol–water partition coefficient (Wildman–Crippen LogP) is 5.91. The second-order valence-corrected chi connectivity index (χ2v) is 10.2. The van der Waals surface area contributed by atoms with Crippen molar-refractivity contribution in [1.29, 1.82) is 0 Å². The van der Waals surface area contributed by atoms with E-state index in [1.807, 2.05) is 60.7 Å². The molecule has 2 unspecified atom stereocenters. The lowest BCUT2D eigenvalue weighted by Gasteiger charge is -2.29. The van der Waals surface area contributed by atoms with Gasteiger partial charge in [0, 0.05) is 30.3 Å². The van der Waals surface area contributed by atoms with Gasteiger partial charge in [-0.15, -0.1) is 0 Å². The van der Waals surface area contributed by atoms with Crippen LogP contribution < -0.4 is 15.4 Å². The van der Waals surface area contributed by atoms with Crippen LogP contribution in [0.25, 0.3) is 0 Å². The molecule has 42 heavy (non-hydrogen) atoms. The number of hydrogen-bond donors (Lipinski definition) is 2. The molecule has 0 spiro atoms. The minimum absolute atomic E-state index is 0.0293. The molecule has 4 aromatic rings. The number of nitrogens with zero attached hydrogens (tertiary/aromatic N) is 1. The van der Waals surface area contributed by atoms with Crippen LogP contribution in [0.15, 0.2) is 103 Å². The summed E-state index contributed by atoms with van der Waals surface area (Å²) in [4.78, 5) is 29.2. The van der Waals surface area contributed by atoms with Crippen molar-refractivity contribution < 1.29 is 23.5 Å². The first-order chi connectivity index (χ1) is 20.5. The number of benzene rings is 4. The highest BCUT2D eigenvalue weighted by molar-refractivity contribution is 5.98. The van der Waals surface area contributed by atoms with Crippen LogP contribution in [-0.2, 0) is 16.1 Å². The Labute approximate surface area is 245 Å². The van der Waals surface area contributed by atoms with E-state index in [-0.39, 0.29) is 24.4 Å². The number of hydrogen-bond acceptors (Lipinski definition) is 5. The Hall–Kier alpha value is -4.69. The third-order valence-corrected chi connectivity index (χ3v) is 7.40. The van der Waals surface area contributed by atoms with Crippen LogP contribution in [0.4, 0.5) is 10.1 Å². The van der Waals surface area contributed by atoms with E-state index >= 15 is 0 Å². The molecule has 8 heteroatoms. The van der Waals surface area contributed by atoms with Gasteiger partial charge in [0.1, 0.15) is 24.3 Å². The number of halogens is 1. The fraction of sp³-hybridized carbons (Fsp3) is 0.235. The SMILES string of the molecule is COc1cccc(C(=O)NC(C(=O)N(CCC2CNc3ccc(F)cc32)COCc2ccccc2)c2ccccc2)c1. The Morgan fingerprint density at radius 1 is 0.976 bits per heavy atom. The number of carbonyl (C=O) groups is 2. The van der Waals surface area contributed by atoms with E-state index < -0.39 is 11.9 Å². The third kappa shape index (κ3) is 7.14. The first-order valence-corrected chi connectivity index (χ1v) is 14.0. The standard InChI is InChI=1S/C34H34FN3O4/c1-41-29-14-8-13-26(19-29)33(39)37-32(25-11-6-3-7-12-25)34(40)38(23-42-22-24-9-4-2-5-10-24)18-17-27-21-36-31-16-15-28(35)20-30(27)31/h2-16,19-20,27,32,36H,17-18,21-23H2,1H3,(H,37,39). The van der Waals surface area contributed by atoms with Gasteiger partial charge < -0.3 is 25.0 Å². The average Bonchev–Trinajstić information content (AvgIpc) is 3.43. The molecule has 0 bridgehead atoms. The maximum absolute atomic E-state index is 14.2. The molecule has 0 radical (unpaired) electrons. The fourth-order valence-electron chi connectivity index (χ4n) is 5.13. The topological polar surface area (TPSA) is 79.9 Å². The van der Waals surface area contributed by atoms with Gasteiger partial charge in [0.15, 0.2) is 0 Å². The smallest absolute Gasteiger partial charge is 0.252 e. The number of fused-ring (bicyclic) bond motifs is 1. The summed E-state index contributed by atoms with van der Waals surface area (Å²) in [5.41, 5.74) is 3.83. The monoisotopic (exact) mass is 567 g/mol. The summed E-state index contributed by atoms with van der Waals surface area (Å²) in [6, 6.07) is 29.5. The van der Waals surface area contributed by atoms with Crippen molar-refractivity contribution in [1.82, 2.24) is 10.2 Å². The maximum Gasteiger partial charge on any atom is 0.252 e. The van der Waals surface area contributed by atoms with E-state index in [9.17, 15) is 14.0 Å². The van der Waals surface area contributed by atoms with E-state index in [0.717, 1.165) is 16.8 Å². The zero-order valence-corrected chi connectivity index (χ0v) is 23.5. The summed E-state index contributed by atoms with van der Waals surface area (Å²) in [6.45, 7) is 1.37. The summed E-state index contributed by atoms with van der Waals surface area (Å²) in [5, 5.41) is 6.27. The molecule has 2 atom stereocenters. The molecule has 0 fully saturated rings. The highest BCUT2D eigenvalue weighted by atomic mass is 19.1. The van der Waals surface area contributed by atoms with E-state index in [4.69, 9.17) is 9.47 Å². The first-order valence-electron chi connectivity index (χ1n) is 14.0. The van der Waals surface area contributed by atoms with Gasteiger partial charge in [-0.3, -0.25) is 9.59 Å². The molecule has 216 valence electrons. The Balaban J connectivity index is 1.37. The quantitative estimate of drug-likeness (QED) is 0.208. The molecule has 0 aromatic heterocycles. The number of anilines is 1. The van der Waals surface area contributed by atoms with Gasteiger partial charge in [-0.1, -0.05) is 66.7 Å². The molecular weight excluding hydrogens is 533 g/mol. The van der Waals surface area contributed by atoms with Crippen molar-refractivity contribution in [2.24, 2.45) is 0 Å². The number of amides is 2. The second kappa shape index (κ2) is 13.8. The van der Waals surface area contributed by atoms with Crippen LogP contribution >= 0.6 is 0 Å². The zero-order valence-electron chi connectivity index (χ0n) is 23.5. The highest BCUT2D eigenvalue weighted by Gasteiger charge is 2.30. The molecule has 1 heterocycles. The van der Waals surface area contributed by atoms with E-state index in [0.29, 0.717) is 43.0 Å². The molecule has 4 aromatic carbocycles. The number of rotatable bonds is 12. The summed E-state index contributed by atoms with van der Waals surface area (Å²) >= 11 is 0. The molecular formula is C34H34FN3O4. The van der Waals surface area contributed by atoms with Crippen molar-refractivity contribution in [3.05, 3.63) is 131 Å². The predicted molar refractivity (Wildman–Crippen MR) is 160 cm³/mol. The lowest BCUT2D eigenvalue weighted by molar-refractivity contribution is -0.139. The Morgan fingerprint density at radius 2 is 1.74 bits per heavy atom. The van der Waals surface area contributed by atoms with Crippen LogP contribution in [0, 0.1) is 5.82 Å². The van der Waals surface area contributed by atoms with Crippen LogP contribution in [0.2, 0.25) is 0 Å². The number of nitrogens with one attached hydrogen (secondary N) is 2. The molecule has 0 aliphatic carbocycles. The number of methoxy groups -OCH3 is 1. The van der Waals surface area contributed by atoms with Crippen LogP contribution in [0.1, 0.15) is 45.4 Å². The van der Waals surface area contributed by atoms with Gasteiger partial charge in [0.25, 0.3) is 11.8 Å². The van der Waals surface area contributed by atoms with Crippen molar-refractivity contribution in [2.75, 3.05) is 32.2 Å². The molecule has 5 rings (SSSR count). The summed E-state index contributed by atoms with van der Waals surface area (Å²) < 4.78 is 25.3. The van der Waals surface area contributed by atoms with Gasteiger partial charge in [-0.25, -0.2) is 4.39 Å². The third-order valence-electron chi connectivity index (χ3n) is 7.40. The second-order valence-electron chi connectivity index (χ2n) is 10.2. The Bertz CT molecular complexity index is 1500. The summed E-state index contributed by atoms with van der Waals surface area (Å²) in [6.07, 6.45) is 0.592. The minimum Gasteiger partial charge on any atom is -0.497 e. The van der Waals surface area contributed by atoms with Crippen molar-refractivity contribution in [3.8, 4) is 5.75 Å².